The Morgan fingerprint density at radius 3 is 1.25 bits per heavy atom. The third kappa shape index (κ3) is 10.3. The maximum Gasteiger partial charge on any atom is 0.227 e. The first-order valence-corrected chi connectivity index (χ1v) is 34.3. The van der Waals surface area contributed by atoms with E-state index in [0.717, 1.165) is 161 Å². The quantitative estimate of drug-likeness (QED) is 0.113. The molecule has 102 heavy (non-hydrogen) atoms. The van der Waals surface area contributed by atoms with E-state index in [1.165, 1.54) is 16.3 Å². The molecule has 20 rings (SSSR count). The Balaban J connectivity index is 0.615. The van der Waals surface area contributed by atoms with E-state index in [4.69, 9.17) is 27.6 Å². The SMILES string of the molecule is c1ccc(-c2ccc(N(c3cccc(-c4ccc5ccccc5c4)c3)c3ccc4c(c3)oc3cc5nc(-c6ccc(-c7cccc8ccc(-c9ccccc9N(c9ccc(-c%10ccccc%10)cc9)c9ccc%10c(c9)oc9cc%11nc(-c%12ccccc%12)oc%11cc9%10)cc78)cc6)oc5cc34)cc2)cc1. The van der Waals surface area contributed by atoms with Crippen molar-refractivity contribution in [2.75, 3.05) is 9.80 Å². The molecule has 0 bridgehead atoms. The van der Waals surface area contributed by atoms with Crippen LogP contribution in [0.25, 0.3) is 166 Å². The number of fused-ring (bicyclic) bond motifs is 10. The number of hydrogen-bond donors (Lipinski definition) is 0. The lowest BCUT2D eigenvalue weighted by Gasteiger charge is -2.28. The summed E-state index contributed by atoms with van der Waals surface area (Å²) in [7, 11) is 0. The van der Waals surface area contributed by atoms with Gasteiger partial charge in [-0.1, -0.05) is 212 Å². The molecule has 4 aromatic heterocycles. The van der Waals surface area contributed by atoms with E-state index in [-0.39, 0.29) is 0 Å². The number of furan rings is 2. The lowest BCUT2D eigenvalue weighted by Crippen LogP contribution is -2.11. The van der Waals surface area contributed by atoms with Gasteiger partial charge in [0.2, 0.25) is 11.8 Å². The van der Waals surface area contributed by atoms with Gasteiger partial charge < -0.3 is 27.5 Å². The van der Waals surface area contributed by atoms with Gasteiger partial charge >= 0.3 is 0 Å². The van der Waals surface area contributed by atoms with E-state index < -0.39 is 0 Å². The molecule has 0 aliphatic carbocycles. The third-order valence-electron chi connectivity index (χ3n) is 19.9. The minimum Gasteiger partial charge on any atom is -0.456 e. The molecule has 16 aromatic carbocycles. The summed E-state index contributed by atoms with van der Waals surface area (Å²) in [6.07, 6.45) is 0. The van der Waals surface area contributed by atoms with Crippen LogP contribution in [0.15, 0.2) is 370 Å². The molecule has 0 radical (unpaired) electrons. The van der Waals surface area contributed by atoms with Crippen LogP contribution in [0.3, 0.4) is 0 Å². The molecule has 8 heteroatoms. The van der Waals surface area contributed by atoms with Crippen LogP contribution in [0.2, 0.25) is 0 Å². The summed E-state index contributed by atoms with van der Waals surface area (Å²) >= 11 is 0. The topological polar surface area (TPSA) is 84.8 Å². The zero-order valence-corrected chi connectivity index (χ0v) is 54.9. The summed E-state index contributed by atoms with van der Waals surface area (Å²) in [5, 5.41) is 8.61. The smallest absolute Gasteiger partial charge is 0.227 e. The van der Waals surface area contributed by atoms with E-state index in [0.29, 0.717) is 22.9 Å². The average molecular weight is 1310 g/mol. The normalized spacial score (nSPS) is 11.7. The molecule has 0 saturated heterocycles. The number of aromatic nitrogens is 2. The van der Waals surface area contributed by atoms with Crippen molar-refractivity contribution in [1.29, 1.82) is 0 Å². The van der Waals surface area contributed by atoms with Crippen molar-refractivity contribution < 1.29 is 17.7 Å². The molecule has 0 unspecified atom stereocenters. The summed E-state index contributed by atoms with van der Waals surface area (Å²) in [5.41, 5.74) is 25.0. The van der Waals surface area contributed by atoms with Crippen LogP contribution in [0.5, 0.6) is 0 Å². The Hall–Kier alpha value is -13.8. The lowest BCUT2D eigenvalue weighted by molar-refractivity contribution is 0.619. The van der Waals surface area contributed by atoms with Gasteiger partial charge in [0.05, 0.1) is 5.69 Å². The largest absolute Gasteiger partial charge is 0.456 e. The molecule has 0 atom stereocenters. The van der Waals surface area contributed by atoms with Gasteiger partial charge in [0, 0.05) is 90.9 Å². The van der Waals surface area contributed by atoms with Crippen molar-refractivity contribution in [1.82, 2.24) is 9.97 Å². The van der Waals surface area contributed by atoms with Gasteiger partial charge in [-0.3, -0.25) is 0 Å². The fraction of sp³-hybridized carbons (Fsp3) is 0. The first-order valence-electron chi connectivity index (χ1n) is 34.3. The van der Waals surface area contributed by atoms with Crippen LogP contribution in [0.4, 0.5) is 34.1 Å². The highest BCUT2D eigenvalue weighted by atomic mass is 16.4. The zero-order chi connectivity index (χ0) is 67.2. The van der Waals surface area contributed by atoms with E-state index in [1.807, 2.05) is 42.5 Å². The van der Waals surface area contributed by atoms with Crippen LogP contribution >= 0.6 is 0 Å². The standard InChI is InChI=1S/C94H58N4O4/c1-4-16-59(17-5-1)62-38-42-72(43-39-62)97(74-26-14-25-69(51-74)70-36-30-61-20-10-11-23-68(61)50-70)75-46-48-79-82-56-92-85(58-89(82)99-87(79)53-75)96-94(102-92)67-34-31-65(32-35-67)77-28-15-24-64-33-37-71(52-81(64)77)78-27-12-13-29-86(78)98(73-44-40-63(41-45-73)60-18-6-2-7-19-60)76-47-49-80-83-55-91-84(57-90(83)100-88(80)54-76)95-93(101-91)66-21-8-3-9-22-66/h1-58H. The Labute approximate surface area is 586 Å². The zero-order valence-electron chi connectivity index (χ0n) is 54.9. The van der Waals surface area contributed by atoms with Crippen molar-refractivity contribution in [2.24, 2.45) is 0 Å². The highest BCUT2D eigenvalue weighted by molar-refractivity contribution is 6.12. The second-order valence-corrected chi connectivity index (χ2v) is 26.0. The highest BCUT2D eigenvalue weighted by Gasteiger charge is 2.23. The van der Waals surface area contributed by atoms with Crippen molar-refractivity contribution >= 4 is 122 Å². The fourth-order valence-electron chi connectivity index (χ4n) is 14.8. The molecule has 0 aliphatic heterocycles. The molecule has 20 aromatic rings. The van der Waals surface area contributed by atoms with Gasteiger partial charge in [-0.15, -0.1) is 0 Å². The predicted octanol–water partition coefficient (Wildman–Crippen LogP) is 26.7. The molecule has 0 saturated carbocycles. The minimum absolute atomic E-state index is 0.538. The summed E-state index contributed by atoms with van der Waals surface area (Å²) in [5.74, 6) is 1.12. The Bertz CT molecular complexity index is 6610. The lowest BCUT2D eigenvalue weighted by atomic mass is 9.93. The molecule has 4 heterocycles. The monoisotopic (exact) mass is 1310 g/mol. The van der Waals surface area contributed by atoms with Gasteiger partial charge in [-0.25, -0.2) is 9.97 Å². The molecular formula is C94H58N4O4. The van der Waals surface area contributed by atoms with Crippen LogP contribution in [-0.2, 0) is 0 Å². The first-order chi connectivity index (χ1) is 50.5. The number of benzene rings is 16. The van der Waals surface area contributed by atoms with Crippen molar-refractivity contribution in [3.63, 3.8) is 0 Å². The molecule has 8 nitrogen and oxygen atoms in total. The van der Waals surface area contributed by atoms with Crippen molar-refractivity contribution in [3.8, 4) is 78.5 Å². The molecule has 0 spiro atoms. The average Bonchev–Trinajstić information content (AvgIpc) is 1.58. The molecule has 478 valence electrons. The van der Waals surface area contributed by atoms with Crippen LogP contribution < -0.4 is 9.80 Å². The second kappa shape index (κ2) is 24.0. The van der Waals surface area contributed by atoms with Crippen molar-refractivity contribution in [3.05, 3.63) is 352 Å². The summed E-state index contributed by atoms with van der Waals surface area (Å²) in [4.78, 5) is 14.6. The Morgan fingerprint density at radius 2 is 0.618 bits per heavy atom. The first kappa shape index (κ1) is 58.3. The van der Waals surface area contributed by atoms with E-state index in [9.17, 15) is 0 Å². The summed E-state index contributed by atoms with van der Waals surface area (Å²) in [6, 6.07) is 124. The van der Waals surface area contributed by atoms with Crippen LogP contribution in [0.1, 0.15) is 0 Å². The number of nitrogens with zero attached hydrogens (tertiary/aromatic N) is 4. The van der Waals surface area contributed by atoms with Crippen LogP contribution in [-0.4, -0.2) is 9.97 Å². The van der Waals surface area contributed by atoms with Gasteiger partial charge in [0.25, 0.3) is 0 Å². The Kier molecular flexibility index (Phi) is 13.7. The molecule has 0 fully saturated rings. The van der Waals surface area contributed by atoms with Gasteiger partial charge in [0.15, 0.2) is 11.2 Å². The third-order valence-corrected chi connectivity index (χ3v) is 19.9. The minimum atomic E-state index is 0.538. The second-order valence-electron chi connectivity index (χ2n) is 26.0. The Morgan fingerprint density at radius 1 is 0.196 bits per heavy atom. The van der Waals surface area contributed by atoms with E-state index in [2.05, 4.69) is 319 Å². The number of oxazole rings is 2. The molecule has 0 amide bonds. The van der Waals surface area contributed by atoms with Crippen LogP contribution in [0, 0.1) is 0 Å². The number of anilines is 6. The number of para-hydroxylation sites is 1. The number of hydrogen-bond acceptors (Lipinski definition) is 8. The summed E-state index contributed by atoms with van der Waals surface area (Å²) in [6.45, 7) is 0. The van der Waals surface area contributed by atoms with Gasteiger partial charge in [0.1, 0.15) is 33.4 Å². The van der Waals surface area contributed by atoms with Gasteiger partial charge in [-0.2, -0.15) is 0 Å². The maximum absolute atomic E-state index is 6.79. The number of rotatable bonds is 13. The highest BCUT2D eigenvalue weighted by Crippen LogP contribution is 2.47. The van der Waals surface area contributed by atoms with Gasteiger partial charge in [-0.05, 0) is 187 Å². The van der Waals surface area contributed by atoms with E-state index in [1.54, 1.807) is 0 Å². The van der Waals surface area contributed by atoms with E-state index >= 15 is 0 Å². The van der Waals surface area contributed by atoms with Crippen molar-refractivity contribution in [2.45, 2.75) is 0 Å². The maximum atomic E-state index is 6.79. The molecule has 0 aliphatic rings. The fourth-order valence-corrected chi connectivity index (χ4v) is 14.8. The molecule has 0 N–H and O–H groups in total. The molecular weight excluding hydrogens is 1250 g/mol. The summed E-state index contributed by atoms with van der Waals surface area (Å²) < 4.78 is 26.5. The predicted molar refractivity (Wildman–Crippen MR) is 419 cm³/mol.